The molecule has 1 unspecified atom stereocenters. The number of anilines is 1. The smallest absolute Gasteiger partial charge is 0.256 e. The quantitative estimate of drug-likeness (QED) is 0.642. The van der Waals surface area contributed by atoms with Crippen molar-refractivity contribution in [3.63, 3.8) is 0 Å². The van der Waals surface area contributed by atoms with Crippen LogP contribution in [-0.4, -0.2) is 36.6 Å². The molecule has 1 aliphatic rings. The predicted octanol–water partition coefficient (Wildman–Crippen LogP) is 1.61. The van der Waals surface area contributed by atoms with Gasteiger partial charge < -0.3 is 15.1 Å². The van der Waals surface area contributed by atoms with E-state index in [1.807, 2.05) is 24.0 Å². The van der Waals surface area contributed by atoms with Gasteiger partial charge in [-0.1, -0.05) is 12.1 Å². The average Bonchev–Trinajstić information content (AvgIpc) is 2.46. The Hall–Kier alpha value is -1.59. The topological polar surface area (TPSA) is 67.6 Å². The van der Waals surface area contributed by atoms with Crippen molar-refractivity contribution in [2.24, 2.45) is 5.84 Å². The minimum absolute atomic E-state index is 0.00322. The van der Waals surface area contributed by atoms with Crippen LogP contribution >= 0.6 is 0 Å². The standard InChI is InChI=1S/C14H21N3O2/c1-14(19-2)8-5-9-17(10-14)13(18)11-6-3-4-7-12(11)16-15/h3-4,6-7,16H,5,8-10,15H2,1-2H3. The normalized spacial score (nSPS) is 23.2. The molecule has 1 atom stereocenters. The molecule has 1 saturated heterocycles. The molecule has 0 saturated carbocycles. The molecule has 1 fully saturated rings. The van der Waals surface area contributed by atoms with E-state index < -0.39 is 0 Å². The van der Waals surface area contributed by atoms with Crippen molar-refractivity contribution in [1.82, 2.24) is 4.90 Å². The third-order valence-electron chi connectivity index (χ3n) is 3.75. The van der Waals surface area contributed by atoms with Gasteiger partial charge in [0.05, 0.1) is 16.9 Å². The molecular formula is C14H21N3O2. The number of para-hydroxylation sites is 1. The number of carbonyl (C=O) groups excluding carboxylic acids is 1. The molecule has 1 aliphatic heterocycles. The zero-order valence-corrected chi connectivity index (χ0v) is 11.5. The summed E-state index contributed by atoms with van der Waals surface area (Å²) in [7, 11) is 1.70. The molecule has 3 N–H and O–H groups in total. The fraction of sp³-hybridized carbons (Fsp3) is 0.500. The Labute approximate surface area is 113 Å². The van der Waals surface area contributed by atoms with E-state index in [0.29, 0.717) is 17.8 Å². The van der Waals surface area contributed by atoms with Crippen LogP contribution in [0.4, 0.5) is 5.69 Å². The van der Waals surface area contributed by atoms with Gasteiger partial charge in [-0.05, 0) is 31.9 Å². The van der Waals surface area contributed by atoms with Crippen molar-refractivity contribution < 1.29 is 9.53 Å². The summed E-state index contributed by atoms with van der Waals surface area (Å²) >= 11 is 0. The Morgan fingerprint density at radius 1 is 1.47 bits per heavy atom. The van der Waals surface area contributed by atoms with Crippen LogP contribution in [0, 0.1) is 0 Å². The van der Waals surface area contributed by atoms with Crippen molar-refractivity contribution in [2.45, 2.75) is 25.4 Å². The second kappa shape index (κ2) is 5.59. The second-order valence-electron chi connectivity index (χ2n) is 5.17. The summed E-state index contributed by atoms with van der Waals surface area (Å²) < 4.78 is 5.52. The molecule has 1 amide bonds. The number of hydrazine groups is 1. The minimum Gasteiger partial charge on any atom is -0.377 e. The number of benzene rings is 1. The van der Waals surface area contributed by atoms with Gasteiger partial charge in [-0.15, -0.1) is 0 Å². The van der Waals surface area contributed by atoms with Gasteiger partial charge in [0.15, 0.2) is 0 Å². The van der Waals surface area contributed by atoms with Gasteiger partial charge in [0.1, 0.15) is 0 Å². The minimum atomic E-state index is -0.251. The number of piperidine rings is 1. The fourth-order valence-electron chi connectivity index (χ4n) is 2.51. The highest BCUT2D eigenvalue weighted by Gasteiger charge is 2.33. The van der Waals surface area contributed by atoms with Gasteiger partial charge >= 0.3 is 0 Å². The van der Waals surface area contributed by atoms with Crippen LogP contribution in [0.15, 0.2) is 24.3 Å². The summed E-state index contributed by atoms with van der Waals surface area (Å²) in [6, 6.07) is 7.28. The maximum atomic E-state index is 12.6. The van der Waals surface area contributed by atoms with Gasteiger partial charge in [-0.25, -0.2) is 0 Å². The number of nitrogens with one attached hydrogen (secondary N) is 1. The Bertz CT molecular complexity index is 464. The number of ether oxygens (including phenoxy) is 1. The molecule has 5 heteroatoms. The van der Waals surface area contributed by atoms with E-state index >= 15 is 0 Å². The van der Waals surface area contributed by atoms with E-state index in [1.54, 1.807) is 19.2 Å². The van der Waals surface area contributed by atoms with Crippen LogP contribution < -0.4 is 11.3 Å². The second-order valence-corrected chi connectivity index (χ2v) is 5.17. The number of nitrogen functional groups attached to an aromatic ring is 1. The van der Waals surface area contributed by atoms with Gasteiger partial charge in [0.25, 0.3) is 5.91 Å². The highest BCUT2D eigenvalue weighted by molar-refractivity contribution is 5.99. The zero-order valence-electron chi connectivity index (χ0n) is 11.5. The van der Waals surface area contributed by atoms with E-state index in [-0.39, 0.29) is 11.5 Å². The largest absolute Gasteiger partial charge is 0.377 e. The van der Waals surface area contributed by atoms with Gasteiger partial charge in [-0.3, -0.25) is 10.6 Å². The molecule has 5 nitrogen and oxygen atoms in total. The lowest BCUT2D eigenvalue weighted by Crippen LogP contribution is -2.49. The number of nitrogens with two attached hydrogens (primary N) is 1. The van der Waals surface area contributed by atoms with Crippen molar-refractivity contribution in [3.8, 4) is 0 Å². The highest BCUT2D eigenvalue weighted by Crippen LogP contribution is 2.26. The van der Waals surface area contributed by atoms with Crippen molar-refractivity contribution in [3.05, 3.63) is 29.8 Å². The number of hydrogen-bond donors (Lipinski definition) is 2. The molecular weight excluding hydrogens is 242 g/mol. The van der Waals surface area contributed by atoms with Crippen LogP contribution in [0.5, 0.6) is 0 Å². The summed E-state index contributed by atoms with van der Waals surface area (Å²) in [6.45, 7) is 3.41. The monoisotopic (exact) mass is 263 g/mol. The van der Waals surface area contributed by atoms with Crippen LogP contribution in [0.25, 0.3) is 0 Å². The first-order chi connectivity index (χ1) is 9.09. The molecule has 1 aromatic rings. The third kappa shape index (κ3) is 2.88. The van der Waals surface area contributed by atoms with Crippen LogP contribution in [0.3, 0.4) is 0 Å². The Kier molecular flexibility index (Phi) is 4.07. The summed E-state index contributed by atoms with van der Waals surface area (Å²) in [6.07, 6.45) is 1.93. The Morgan fingerprint density at radius 2 is 2.21 bits per heavy atom. The van der Waals surface area contributed by atoms with Crippen LogP contribution in [0.2, 0.25) is 0 Å². The highest BCUT2D eigenvalue weighted by atomic mass is 16.5. The average molecular weight is 263 g/mol. The number of likely N-dealkylation sites (tertiary alicyclic amines) is 1. The first kappa shape index (κ1) is 13.8. The fourth-order valence-corrected chi connectivity index (χ4v) is 2.51. The lowest BCUT2D eigenvalue weighted by Gasteiger charge is -2.39. The summed E-state index contributed by atoms with van der Waals surface area (Å²) in [5.41, 5.74) is 3.57. The molecule has 0 spiro atoms. The molecule has 1 heterocycles. The molecule has 0 radical (unpaired) electrons. The van der Waals surface area contributed by atoms with Crippen LogP contribution in [0.1, 0.15) is 30.1 Å². The van der Waals surface area contributed by atoms with Crippen LogP contribution in [-0.2, 0) is 4.74 Å². The van der Waals surface area contributed by atoms with Gasteiger partial charge in [0.2, 0.25) is 0 Å². The van der Waals surface area contributed by atoms with Crippen molar-refractivity contribution in [2.75, 3.05) is 25.6 Å². The number of carbonyl (C=O) groups is 1. The number of methoxy groups -OCH3 is 1. The SMILES string of the molecule is COC1(C)CCCN(C(=O)c2ccccc2NN)C1. The van der Waals surface area contributed by atoms with E-state index in [4.69, 9.17) is 10.6 Å². The first-order valence-corrected chi connectivity index (χ1v) is 6.50. The predicted molar refractivity (Wildman–Crippen MR) is 74.8 cm³/mol. The molecule has 104 valence electrons. The Balaban J connectivity index is 2.19. The van der Waals surface area contributed by atoms with Gasteiger partial charge in [0, 0.05) is 20.2 Å². The third-order valence-corrected chi connectivity index (χ3v) is 3.75. The number of amides is 1. The summed E-state index contributed by atoms with van der Waals surface area (Å²) in [5.74, 6) is 5.45. The summed E-state index contributed by atoms with van der Waals surface area (Å²) in [4.78, 5) is 14.4. The van der Waals surface area contributed by atoms with E-state index in [0.717, 1.165) is 19.4 Å². The maximum Gasteiger partial charge on any atom is 0.256 e. The summed E-state index contributed by atoms with van der Waals surface area (Å²) in [5, 5.41) is 0. The van der Waals surface area contributed by atoms with Crippen molar-refractivity contribution >= 4 is 11.6 Å². The molecule has 0 bridgehead atoms. The lowest BCUT2D eigenvalue weighted by atomic mass is 9.94. The number of nitrogens with zero attached hydrogens (tertiary/aromatic N) is 1. The van der Waals surface area contributed by atoms with Gasteiger partial charge in [-0.2, -0.15) is 0 Å². The maximum absolute atomic E-state index is 12.6. The van der Waals surface area contributed by atoms with E-state index in [2.05, 4.69) is 5.43 Å². The molecule has 0 aromatic heterocycles. The molecule has 1 aromatic carbocycles. The number of rotatable bonds is 3. The first-order valence-electron chi connectivity index (χ1n) is 6.50. The molecule has 19 heavy (non-hydrogen) atoms. The number of hydrogen-bond acceptors (Lipinski definition) is 4. The van der Waals surface area contributed by atoms with Crippen molar-refractivity contribution in [1.29, 1.82) is 0 Å². The molecule has 2 rings (SSSR count). The Morgan fingerprint density at radius 3 is 2.89 bits per heavy atom. The molecule has 0 aliphatic carbocycles. The van der Waals surface area contributed by atoms with E-state index in [1.165, 1.54) is 0 Å². The van der Waals surface area contributed by atoms with E-state index in [9.17, 15) is 4.79 Å². The zero-order chi connectivity index (χ0) is 13.9. The lowest BCUT2D eigenvalue weighted by molar-refractivity contribution is -0.0439.